The zero-order chi connectivity index (χ0) is 22.2. The Balaban J connectivity index is 1.37. The summed E-state index contributed by atoms with van der Waals surface area (Å²) in [5.74, 6) is 0.558. The third-order valence-electron chi connectivity index (χ3n) is 6.69. The lowest BCUT2D eigenvalue weighted by molar-refractivity contribution is 0.0783. The van der Waals surface area contributed by atoms with Crippen LogP contribution >= 0.6 is 0 Å². The zero-order valence-electron chi connectivity index (χ0n) is 18.2. The van der Waals surface area contributed by atoms with Gasteiger partial charge in [-0.25, -0.2) is 0 Å². The number of likely N-dealkylation sites (tertiary alicyclic amines) is 1. The van der Waals surface area contributed by atoms with E-state index in [0.717, 1.165) is 23.1 Å². The molecular formula is C26H27N3O3. The highest BCUT2D eigenvalue weighted by atomic mass is 16.3. The van der Waals surface area contributed by atoms with Crippen LogP contribution in [0.4, 0.5) is 0 Å². The maximum atomic E-state index is 12.9. The van der Waals surface area contributed by atoms with E-state index in [2.05, 4.69) is 52.7 Å². The summed E-state index contributed by atoms with van der Waals surface area (Å²) in [5, 5.41) is 27.8. The van der Waals surface area contributed by atoms with Crippen LogP contribution in [-0.2, 0) is 6.61 Å². The van der Waals surface area contributed by atoms with Crippen LogP contribution in [0.3, 0.4) is 0 Å². The van der Waals surface area contributed by atoms with E-state index in [-0.39, 0.29) is 29.9 Å². The number of carbonyl (C=O) groups excluding carboxylic acids is 1. The monoisotopic (exact) mass is 429 g/mol. The van der Waals surface area contributed by atoms with Gasteiger partial charge in [0.2, 0.25) is 0 Å². The Morgan fingerprint density at radius 3 is 2.59 bits per heavy atom. The molecule has 5 rings (SSSR count). The molecule has 1 saturated carbocycles. The van der Waals surface area contributed by atoms with Crippen molar-refractivity contribution < 1.29 is 15.0 Å². The Morgan fingerprint density at radius 1 is 1.03 bits per heavy atom. The average Bonchev–Trinajstić information content (AvgIpc) is 3.56. The molecule has 0 spiro atoms. The van der Waals surface area contributed by atoms with Gasteiger partial charge < -0.3 is 15.1 Å². The fraction of sp³-hybridized carbons (Fsp3) is 0.346. The van der Waals surface area contributed by atoms with Crippen LogP contribution in [0.1, 0.15) is 64.0 Å². The van der Waals surface area contributed by atoms with Gasteiger partial charge >= 0.3 is 0 Å². The van der Waals surface area contributed by atoms with Crippen molar-refractivity contribution in [1.82, 2.24) is 15.1 Å². The molecule has 1 aliphatic carbocycles. The minimum atomic E-state index is -0.226. The van der Waals surface area contributed by atoms with Crippen molar-refractivity contribution in [2.45, 2.75) is 44.6 Å². The van der Waals surface area contributed by atoms with Gasteiger partial charge in [0, 0.05) is 25.1 Å². The van der Waals surface area contributed by atoms with Gasteiger partial charge in [0.15, 0.2) is 5.69 Å². The minimum absolute atomic E-state index is 0.0243. The lowest BCUT2D eigenvalue weighted by Crippen LogP contribution is -2.29. The Hall–Kier alpha value is -3.25. The lowest BCUT2D eigenvalue weighted by atomic mass is 9.89. The first-order valence-electron chi connectivity index (χ1n) is 11.2. The SMILES string of the molecule is Cc1nnc(C(=O)N2CCC(c3ccc(-c4ccccc4C4CC4)cc3CO)C2)cc1O. The second kappa shape index (κ2) is 8.36. The molecule has 2 heterocycles. The number of aromatic nitrogens is 2. The Morgan fingerprint density at radius 2 is 1.84 bits per heavy atom. The number of benzene rings is 2. The van der Waals surface area contributed by atoms with E-state index >= 15 is 0 Å². The van der Waals surface area contributed by atoms with Crippen LogP contribution in [0.5, 0.6) is 5.75 Å². The second-order valence-electron chi connectivity index (χ2n) is 8.87. The first kappa shape index (κ1) is 20.6. The molecule has 0 radical (unpaired) electrons. The molecule has 1 atom stereocenters. The van der Waals surface area contributed by atoms with Gasteiger partial charge in [-0.3, -0.25) is 4.79 Å². The first-order valence-corrected chi connectivity index (χ1v) is 11.2. The van der Waals surface area contributed by atoms with Crippen LogP contribution < -0.4 is 0 Å². The molecule has 2 aromatic carbocycles. The van der Waals surface area contributed by atoms with E-state index in [9.17, 15) is 15.0 Å². The van der Waals surface area contributed by atoms with Crippen LogP contribution in [0.15, 0.2) is 48.5 Å². The molecule has 0 bridgehead atoms. The first-order chi connectivity index (χ1) is 15.5. The van der Waals surface area contributed by atoms with Gasteiger partial charge in [-0.05, 0) is 66.0 Å². The molecule has 1 aromatic heterocycles. The predicted octanol–water partition coefficient (Wildman–Crippen LogP) is 4.16. The Kier molecular flexibility index (Phi) is 5.39. The van der Waals surface area contributed by atoms with E-state index in [1.54, 1.807) is 11.8 Å². The molecule has 164 valence electrons. The zero-order valence-corrected chi connectivity index (χ0v) is 18.2. The molecule has 1 aliphatic heterocycles. The Labute approximate surface area is 187 Å². The summed E-state index contributed by atoms with van der Waals surface area (Å²) in [4.78, 5) is 14.6. The summed E-state index contributed by atoms with van der Waals surface area (Å²) in [6, 6.07) is 16.3. The molecule has 2 N–H and O–H groups in total. The smallest absolute Gasteiger partial charge is 0.274 e. The van der Waals surface area contributed by atoms with E-state index in [1.807, 2.05) is 0 Å². The normalized spacial score (nSPS) is 18.2. The lowest BCUT2D eigenvalue weighted by Gasteiger charge is -2.19. The molecule has 32 heavy (non-hydrogen) atoms. The Bertz CT molecular complexity index is 1170. The van der Waals surface area contributed by atoms with E-state index in [4.69, 9.17) is 0 Å². The number of aliphatic hydroxyl groups is 1. The maximum absolute atomic E-state index is 12.9. The van der Waals surface area contributed by atoms with Crippen molar-refractivity contribution in [2.24, 2.45) is 0 Å². The number of aryl methyl sites for hydroxylation is 1. The number of nitrogens with zero attached hydrogens (tertiary/aromatic N) is 3. The van der Waals surface area contributed by atoms with Gasteiger partial charge in [-0.1, -0.05) is 36.4 Å². The summed E-state index contributed by atoms with van der Waals surface area (Å²) in [5.41, 5.74) is 6.34. The van der Waals surface area contributed by atoms with Gasteiger partial charge in [0.25, 0.3) is 5.91 Å². The molecule has 2 fully saturated rings. The molecule has 1 saturated heterocycles. The summed E-state index contributed by atoms with van der Waals surface area (Å²) >= 11 is 0. The predicted molar refractivity (Wildman–Crippen MR) is 121 cm³/mol. The highest BCUT2D eigenvalue weighted by molar-refractivity contribution is 5.92. The minimum Gasteiger partial charge on any atom is -0.506 e. The third-order valence-corrected chi connectivity index (χ3v) is 6.69. The largest absolute Gasteiger partial charge is 0.506 e. The van der Waals surface area contributed by atoms with E-state index in [0.29, 0.717) is 24.7 Å². The van der Waals surface area contributed by atoms with Crippen LogP contribution in [-0.4, -0.2) is 44.3 Å². The highest BCUT2D eigenvalue weighted by Crippen LogP contribution is 2.44. The number of aliphatic hydroxyl groups excluding tert-OH is 1. The fourth-order valence-corrected chi connectivity index (χ4v) is 4.73. The number of aromatic hydroxyl groups is 1. The van der Waals surface area contributed by atoms with Crippen LogP contribution in [0.25, 0.3) is 11.1 Å². The fourth-order valence-electron chi connectivity index (χ4n) is 4.73. The van der Waals surface area contributed by atoms with Gasteiger partial charge in [0.05, 0.1) is 6.61 Å². The summed E-state index contributed by atoms with van der Waals surface area (Å²) < 4.78 is 0. The van der Waals surface area contributed by atoms with E-state index < -0.39 is 0 Å². The molecule has 2 aliphatic rings. The summed E-state index contributed by atoms with van der Waals surface area (Å²) in [7, 11) is 0. The molecule has 1 amide bonds. The third kappa shape index (κ3) is 3.86. The molecule has 1 unspecified atom stereocenters. The van der Waals surface area contributed by atoms with Crippen molar-refractivity contribution in [3.8, 4) is 16.9 Å². The number of carbonyl (C=O) groups is 1. The molecule has 3 aromatic rings. The number of hydrogen-bond acceptors (Lipinski definition) is 5. The van der Waals surface area contributed by atoms with Crippen molar-refractivity contribution >= 4 is 5.91 Å². The molecule has 6 nitrogen and oxygen atoms in total. The summed E-state index contributed by atoms with van der Waals surface area (Å²) in [6.45, 7) is 2.78. The highest BCUT2D eigenvalue weighted by Gasteiger charge is 2.31. The van der Waals surface area contributed by atoms with Crippen molar-refractivity contribution in [1.29, 1.82) is 0 Å². The summed E-state index contributed by atoms with van der Waals surface area (Å²) in [6.07, 6.45) is 3.32. The van der Waals surface area contributed by atoms with E-state index in [1.165, 1.54) is 30.0 Å². The van der Waals surface area contributed by atoms with Crippen molar-refractivity contribution in [2.75, 3.05) is 13.1 Å². The number of amides is 1. The van der Waals surface area contributed by atoms with Crippen LogP contribution in [0, 0.1) is 6.92 Å². The average molecular weight is 430 g/mol. The van der Waals surface area contributed by atoms with Gasteiger partial charge in [0.1, 0.15) is 11.4 Å². The molecular weight excluding hydrogens is 402 g/mol. The maximum Gasteiger partial charge on any atom is 0.274 e. The van der Waals surface area contributed by atoms with Crippen molar-refractivity contribution in [3.05, 3.63) is 76.6 Å². The molecule has 6 heteroatoms. The van der Waals surface area contributed by atoms with Gasteiger partial charge in [-0.15, -0.1) is 5.10 Å². The topological polar surface area (TPSA) is 86.6 Å². The van der Waals surface area contributed by atoms with Crippen molar-refractivity contribution in [3.63, 3.8) is 0 Å². The standard InChI is InChI=1S/C26H27N3O3/c1-16-25(31)13-24(28-27-16)26(32)29-11-10-19(14-29)21-9-8-18(12-20(21)15-30)23-5-3-2-4-22(23)17-6-7-17/h2-5,8-9,12-13,17,19,30H,6-7,10-11,14-15H2,1H3,(H,28,31). The van der Waals surface area contributed by atoms with Gasteiger partial charge in [-0.2, -0.15) is 5.10 Å². The number of rotatable bonds is 5. The van der Waals surface area contributed by atoms with Crippen LogP contribution in [0.2, 0.25) is 0 Å². The second-order valence-corrected chi connectivity index (χ2v) is 8.87. The number of hydrogen-bond donors (Lipinski definition) is 2. The quantitative estimate of drug-likeness (QED) is 0.636.